The predicted octanol–water partition coefficient (Wildman–Crippen LogP) is 0.928. The van der Waals surface area contributed by atoms with Gasteiger partial charge in [-0.2, -0.15) is 15.4 Å². The zero-order valence-electron chi connectivity index (χ0n) is 7.30. The summed E-state index contributed by atoms with van der Waals surface area (Å²) in [6.07, 6.45) is 3.77. The van der Waals surface area contributed by atoms with E-state index < -0.39 is 0 Å². The van der Waals surface area contributed by atoms with Crippen molar-refractivity contribution in [1.29, 1.82) is 0 Å². The van der Waals surface area contributed by atoms with Gasteiger partial charge in [-0.3, -0.25) is 0 Å². The van der Waals surface area contributed by atoms with Gasteiger partial charge >= 0.3 is 0 Å². The normalized spacial score (nSPS) is 24.2. The Morgan fingerprint density at radius 2 is 2.25 bits per heavy atom. The molecular formula is C8H14N4. The highest BCUT2D eigenvalue weighted by molar-refractivity contribution is 5.11. The maximum atomic E-state index is 4.14. The first kappa shape index (κ1) is 7.73. The molecule has 0 aliphatic carbocycles. The summed E-state index contributed by atoms with van der Waals surface area (Å²) in [7, 11) is 0. The zero-order chi connectivity index (χ0) is 8.39. The quantitative estimate of drug-likeness (QED) is 0.652. The number of aromatic amines is 1. The number of aromatic nitrogens is 3. The highest BCUT2D eigenvalue weighted by Crippen LogP contribution is 2.21. The van der Waals surface area contributed by atoms with Crippen LogP contribution in [0.25, 0.3) is 0 Å². The monoisotopic (exact) mass is 166 g/mol. The minimum absolute atomic E-state index is 0.428. The first-order valence-corrected chi connectivity index (χ1v) is 4.48. The Balaban J connectivity index is 2.13. The van der Waals surface area contributed by atoms with Crippen LogP contribution in [0, 0.1) is 6.92 Å². The van der Waals surface area contributed by atoms with Crippen LogP contribution in [0.5, 0.6) is 0 Å². The summed E-state index contributed by atoms with van der Waals surface area (Å²) in [6, 6.07) is 0.428. The largest absolute Gasteiger partial charge is 0.309 e. The Kier molecular flexibility index (Phi) is 2.08. The first-order chi connectivity index (χ1) is 5.88. The van der Waals surface area contributed by atoms with Crippen LogP contribution < -0.4 is 5.32 Å². The van der Waals surface area contributed by atoms with E-state index in [1.54, 1.807) is 0 Å². The van der Waals surface area contributed by atoms with Gasteiger partial charge in [0.05, 0.1) is 11.7 Å². The minimum Gasteiger partial charge on any atom is -0.309 e. The molecule has 4 nitrogen and oxygen atoms in total. The molecule has 1 atom stereocenters. The third-order valence-corrected chi connectivity index (χ3v) is 2.40. The fourth-order valence-corrected chi connectivity index (χ4v) is 1.71. The van der Waals surface area contributed by atoms with Crippen molar-refractivity contribution in [3.63, 3.8) is 0 Å². The van der Waals surface area contributed by atoms with Gasteiger partial charge in [-0.05, 0) is 26.3 Å². The maximum Gasteiger partial charge on any atom is 0.102 e. The van der Waals surface area contributed by atoms with Crippen LogP contribution in [-0.4, -0.2) is 22.0 Å². The van der Waals surface area contributed by atoms with Crippen molar-refractivity contribution >= 4 is 0 Å². The minimum atomic E-state index is 0.428. The van der Waals surface area contributed by atoms with Crippen LogP contribution in [0.3, 0.4) is 0 Å². The van der Waals surface area contributed by atoms with E-state index in [-0.39, 0.29) is 0 Å². The van der Waals surface area contributed by atoms with E-state index in [1.165, 1.54) is 19.3 Å². The van der Waals surface area contributed by atoms with Crippen LogP contribution in [0.15, 0.2) is 0 Å². The number of nitrogens with zero attached hydrogens (tertiary/aromatic N) is 2. The molecule has 12 heavy (non-hydrogen) atoms. The smallest absolute Gasteiger partial charge is 0.102 e. The lowest BCUT2D eigenvalue weighted by molar-refractivity contribution is 0.404. The second kappa shape index (κ2) is 3.23. The first-order valence-electron chi connectivity index (χ1n) is 4.48. The number of rotatable bonds is 1. The summed E-state index contributed by atoms with van der Waals surface area (Å²) in [6.45, 7) is 3.10. The van der Waals surface area contributed by atoms with Crippen molar-refractivity contribution in [3.8, 4) is 0 Å². The number of piperidine rings is 1. The number of nitrogens with one attached hydrogen (secondary N) is 2. The molecule has 0 amide bonds. The summed E-state index contributed by atoms with van der Waals surface area (Å²) < 4.78 is 0. The van der Waals surface area contributed by atoms with E-state index in [0.717, 1.165) is 17.9 Å². The summed E-state index contributed by atoms with van der Waals surface area (Å²) in [4.78, 5) is 0. The second-order valence-electron chi connectivity index (χ2n) is 3.30. The summed E-state index contributed by atoms with van der Waals surface area (Å²) >= 11 is 0. The summed E-state index contributed by atoms with van der Waals surface area (Å²) in [5.41, 5.74) is 2.11. The zero-order valence-corrected chi connectivity index (χ0v) is 7.30. The number of H-pyrrole nitrogens is 1. The summed E-state index contributed by atoms with van der Waals surface area (Å²) in [5.74, 6) is 0. The molecule has 1 saturated heterocycles. The Morgan fingerprint density at radius 3 is 2.83 bits per heavy atom. The van der Waals surface area contributed by atoms with Gasteiger partial charge in [-0.25, -0.2) is 0 Å². The Hall–Kier alpha value is -0.900. The molecule has 66 valence electrons. The molecule has 2 rings (SSSR count). The van der Waals surface area contributed by atoms with E-state index in [9.17, 15) is 0 Å². The van der Waals surface area contributed by atoms with E-state index in [4.69, 9.17) is 0 Å². The van der Waals surface area contributed by atoms with E-state index in [2.05, 4.69) is 20.7 Å². The van der Waals surface area contributed by atoms with Crippen LogP contribution in [0.1, 0.15) is 36.7 Å². The molecule has 0 aromatic carbocycles. The van der Waals surface area contributed by atoms with Crippen LogP contribution in [0.2, 0.25) is 0 Å². The van der Waals surface area contributed by atoms with Crippen molar-refractivity contribution in [1.82, 2.24) is 20.7 Å². The maximum absolute atomic E-state index is 4.14. The highest BCUT2D eigenvalue weighted by atomic mass is 15.3. The molecule has 1 aliphatic rings. The average Bonchev–Trinajstić information content (AvgIpc) is 2.53. The standard InChI is InChI=1S/C8H14N4/c1-6-8(11-12-10-6)7-4-2-3-5-9-7/h7,9H,2-5H2,1H3,(H,10,11,12). The molecule has 4 heteroatoms. The lowest BCUT2D eigenvalue weighted by Gasteiger charge is -2.21. The molecule has 0 bridgehead atoms. The molecular weight excluding hydrogens is 152 g/mol. The molecule has 0 saturated carbocycles. The molecule has 1 aromatic heterocycles. The van der Waals surface area contributed by atoms with Crippen molar-refractivity contribution in [2.75, 3.05) is 6.54 Å². The van der Waals surface area contributed by atoms with E-state index >= 15 is 0 Å². The Labute approximate surface area is 71.8 Å². The van der Waals surface area contributed by atoms with Crippen LogP contribution in [-0.2, 0) is 0 Å². The van der Waals surface area contributed by atoms with Gasteiger partial charge < -0.3 is 5.32 Å². The molecule has 1 unspecified atom stereocenters. The Bertz CT molecular complexity index is 249. The predicted molar refractivity (Wildman–Crippen MR) is 45.7 cm³/mol. The average molecular weight is 166 g/mol. The lowest BCUT2D eigenvalue weighted by Crippen LogP contribution is -2.27. The van der Waals surface area contributed by atoms with Gasteiger partial charge in [0.25, 0.3) is 0 Å². The lowest BCUT2D eigenvalue weighted by atomic mass is 10.0. The van der Waals surface area contributed by atoms with E-state index in [1.807, 2.05) is 6.92 Å². The molecule has 1 aliphatic heterocycles. The van der Waals surface area contributed by atoms with Gasteiger partial charge in [-0.15, -0.1) is 0 Å². The molecule has 2 N–H and O–H groups in total. The highest BCUT2D eigenvalue weighted by Gasteiger charge is 2.18. The third kappa shape index (κ3) is 1.34. The van der Waals surface area contributed by atoms with Crippen molar-refractivity contribution in [3.05, 3.63) is 11.4 Å². The molecule has 0 spiro atoms. The molecule has 0 radical (unpaired) electrons. The molecule has 1 aromatic rings. The summed E-state index contributed by atoms with van der Waals surface area (Å²) in [5, 5.41) is 14.3. The topological polar surface area (TPSA) is 53.6 Å². The van der Waals surface area contributed by atoms with Crippen molar-refractivity contribution in [2.24, 2.45) is 0 Å². The third-order valence-electron chi connectivity index (χ3n) is 2.40. The van der Waals surface area contributed by atoms with Crippen LogP contribution >= 0.6 is 0 Å². The van der Waals surface area contributed by atoms with E-state index in [0.29, 0.717) is 6.04 Å². The molecule has 2 heterocycles. The van der Waals surface area contributed by atoms with Gasteiger partial charge in [0.2, 0.25) is 0 Å². The van der Waals surface area contributed by atoms with Gasteiger partial charge in [-0.1, -0.05) is 6.42 Å². The fraction of sp³-hybridized carbons (Fsp3) is 0.750. The van der Waals surface area contributed by atoms with Gasteiger partial charge in [0.1, 0.15) is 5.69 Å². The SMILES string of the molecule is Cc1n[nH]nc1C1CCCCN1. The number of aryl methyl sites for hydroxylation is 1. The number of hydrogen-bond donors (Lipinski definition) is 2. The molecule has 1 fully saturated rings. The Morgan fingerprint density at radius 1 is 1.33 bits per heavy atom. The second-order valence-corrected chi connectivity index (χ2v) is 3.30. The van der Waals surface area contributed by atoms with Crippen LogP contribution in [0.4, 0.5) is 0 Å². The van der Waals surface area contributed by atoms with Gasteiger partial charge in [0, 0.05) is 0 Å². The number of hydrogen-bond acceptors (Lipinski definition) is 3. The van der Waals surface area contributed by atoms with Gasteiger partial charge in [0.15, 0.2) is 0 Å². The fourth-order valence-electron chi connectivity index (χ4n) is 1.71. The van der Waals surface area contributed by atoms with Crippen molar-refractivity contribution in [2.45, 2.75) is 32.2 Å². The van der Waals surface area contributed by atoms with Crippen molar-refractivity contribution < 1.29 is 0 Å².